The van der Waals surface area contributed by atoms with Gasteiger partial charge in [-0.2, -0.15) is 0 Å². The van der Waals surface area contributed by atoms with E-state index in [1.165, 1.54) is 0 Å². The normalized spacial score (nSPS) is 11.3. The molecule has 1 aromatic rings. The molecule has 1 unspecified atom stereocenters. The highest BCUT2D eigenvalue weighted by atomic mass is 16.4. The summed E-state index contributed by atoms with van der Waals surface area (Å²) in [5.74, 6) is -1.31. The Morgan fingerprint density at radius 2 is 2.00 bits per heavy atom. The summed E-state index contributed by atoms with van der Waals surface area (Å²) in [6, 6.07) is 4.49. The fourth-order valence-electron chi connectivity index (χ4n) is 2.41. The van der Waals surface area contributed by atoms with Crippen molar-refractivity contribution in [2.45, 2.75) is 38.8 Å². The molecule has 142 valence electrons. The maximum absolute atomic E-state index is 12.2. The van der Waals surface area contributed by atoms with Crippen molar-refractivity contribution < 1.29 is 19.5 Å². The number of aryl methyl sites for hydroxylation is 1. The van der Waals surface area contributed by atoms with Gasteiger partial charge in [0.1, 0.15) is 6.04 Å². The Morgan fingerprint density at radius 1 is 1.27 bits per heavy atom. The Morgan fingerprint density at radius 3 is 2.62 bits per heavy atom. The van der Waals surface area contributed by atoms with Crippen LogP contribution in [0.2, 0.25) is 0 Å². The van der Waals surface area contributed by atoms with Crippen LogP contribution in [-0.4, -0.2) is 41.9 Å². The number of carboxylic acids is 1. The molecule has 7 N–H and O–H groups in total. The zero-order chi connectivity index (χ0) is 19.5. The molecule has 1 rings (SSSR count). The largest absolute Gasteiger partial charge is 0.480 e. The topological polar surface area (TPSA) is 160 Å². The molecular weight excluding hydrogens is 338 g/mol. The summed E-state index contributed by atoms with van der Waals surface area (Å²) in [5, 5.41) is 13.9. The smallest absolute Gasteiger partial charge is 0.326 e. The highest BCUT2D eigenvalue weighted by Gasteiger charge is 2.15. The first-order valence-electron chi connectivity index (χ1n) is 8.20. The van der Waals surface area contributed by atoms with Crippen molar-refractivity contribution in [3.63, 3.8) is 0 Å². The lowest BCUT2D eigenvalue weighted by molar-refractivity contribution is -0.140. The highest BCUT2D eigenvalue weighted by Crippen LogP contribution is 2.11. The number of aliphatic carboxylic acids is 1. The fourth-order valence-corrected chi connectivity index (χ4v) is 2.41. The first-order chi connectivity index (χ1) is 12.3. The average molecular weight is 363 g/mol. The number of unbranched alkanes of at least 4 members (excludes halogenated alkanes) is 1. The van der Waals surface area contributed by atoms with E-state index in [-0.39, 0.29) is 11.9 Å². The van der Waals surface area contributed by atoms with Gasteiger partial charge in [0, 0.05) is 12.1 Å². The third-order valence-corrected chi connectivity index (χ3v) is 3.62. The third kappa shape index (κ3) is 7.65. The molecule has 0 fully saturated rings. The van der Waals surface area contributed by atoms with Gasteiger partial charge in [-0.15, -0.1) is 0 Å². The van der Waals surface area contributed by atoms with Gasteiger partial charge >= 0.3 is 5.97 Å². The summed E-state index contributed by atoms with van der Waals surface area (Å²) in [7, 11) is 0. The number of nitrogens with zero attached hydrogens (tertiary/aromatic N) is 1. The van der Waals surface area contributed by atoms with Crippen LogP contribution in [0.1, 0.15) is 40.7 Å². The van der Waals surface area contributed by atoms with Crippen LogP contribution < -0.4 is 22.1 Å². The molecule has 0 heterocycles. The number of benzene rings is 1. The van der Waals surface area contributed by atoms with Crippen molar-refractivity contribution in [3.8, 4) is 0 Å². The van der Waals surface area contributed by atoms with Gasteiger partial charge in [0.2, 0.25) is 6.41 Å². The van der Waals surface area contributed by atoms with E-state index in [0.29, 0.717) is 44.3 Å². The summed E-state index contributed by atoms with van der Waals surface area (Å²) in [6.45, 7) is 2.58. The highest BCUT2D eigenvalue weighted by molar-refractivity contribution is 5.94. The van der Waals surface area contributed by atoms with Crippen LogP contribution in [0.5, 0.6) is 0 Å². The summed E-state index contributed by atoms with van der Waals surface area (Å²) < 4.78 is 0. The molecule has 2 amide bonds. The number of rotatable bonds is 11. The molecule has 26 heavy (non-hydrogen) atoms. The maximum atomic E-state index is 12.2. The van der Waals surface area contributed by atoms with Crippen LogP contribution in [0.15, 0.2) is 23.2 Å². The van der Waals surface area contributed by atoms with Crippen molar-refractivity contribution in [2.24, 2.45) is 16.5 Å². The lowest BCUT2D eigenvalue weighted by Gasteiger charge is -2.11. The monoisotopic (exact) mass is 363 g/mol. The van der Waals surface area contributed by atoms with Crippen LogP contribution in [0.25, 0.3) is 0 Å². The van der Waals surface area contributed by atoms with Crippen molar-refractivity contribution >= 4 is 24.2 Å². The van der Waals surface area contributed by atoms with Gasteiger partial charge < -0.3 is 27.2 Å². The van der Waals surface area contributed by atoms with Gasteiger partial charge in [0.25, 0.3) is 5.91 Å². The molecule has 0 bridgehead atoms. The Bertz CT molecular complexity index is 671. The molecule has 0 aliphatic rings. The van der Waals surface area contributed by atoms with Gasteiger partial charge in [-0.25, -0.2) is 9.79 Å². The van der Waals surface area contributed by atoms with E-state index in [4.69, 9.17) is 16.6 Å². The lowest BCUT2D eigenvalue weighted by Crippen LogP contribution is -2.35. The Hall–Kier alpha value is -3.10. The zero-order valence-corrected chi connectivity index (χ0v) is 14.7. The SMILES string of the molecule is Cc1cc(CN=C(N)N)cc(C(=O)NCCCCC(NC=O)C(=O)O)c1. The molecule has 1 atom stereocenters. The third-order valence-electron chi connectivity index (χ3n) is 3.62. The minimum Gasteiger partial charge on any atom is -0.480 e. The standard InChI is InChI=1S/C17H25N5O4/c1-11-6-12(9-21-17(18)19)8-13(7-11)15(24)20-5-3-2-4-14(16(25)26)22-10-23/h6-8,10,14H,2-5,9H2,1H3,(H,20,24)(H,22,23)(H,25,26)(H4,18,19,21). The lowest BCUT2D eigenvalue weighted by atomic mass is 10.1. The van der Waals surface area contributed by atoms with E-state index >= 15 is 0 Å². The molecule has 0 saturated heterocycles. The van der Waals surface area contributed by atoms with E-state index in [1.54, 1.807) is 12.1 Å². The van der Waals surface area contributed by atoms with Gasteiger partial charge in [-0.1, -0.05) is 6.07 Å². The van der Waals surface area contributed by atoms with Crippen LogP contribution in [0, 0.1) is 6.92 Å². The number of carbonyl (C=O) groups excluding carboxylic acids is 2. The van der Waals surface area contributed by atoms with Gasteiger partial charge in [0.05, 0.1) is 6.54 Å². The number of carbonyl (C=O) groups is 3. The first kappa shape index (κ1) is 20.9. The molecule has 9 heteroatoms. The number of amides is 2. The number of hydrogen-bond acceptors (Lipinski definition) is 4. The number of nitrogens with one attached hydrogen (secondary N) is 2. The van der Waals surface area contributed by atoms with Crippen LogP contribution in [0.3, 0.4) is 0 Å². The summed E-state index contributed by atoms with van der Waals surface area (Å²) >= 11 is 0. The molecule has 0 saturated carbocycles. The van der Waals surface area contributed by atoms with Gasteiger partial charge in [-0.05, 0) is 49.4 Å². The summed E-state index contributed by atoms with van der Waals surface area (Å²) in [5.41, 5.74) is 12.9. The van der Waals surface area contributed by atoms with Crippen LogP contribution >= 0.6 is 0 Å². The van der Waals surface area contributed by atoms with Crippen LogP contribution in [0.4, 0.5) is 0 Å². The van der Waals surface area contributed by atoms with Gasteiger partial charge in [0.15, 0.2) is 5.96 Å². The predicted octanol–water partition coefficient (Wildman–Crippen LogP) is -0.132. The van der Waals surface area contributed by atoms with Crippen LogP contribution in [-0.2, 0) is 16.1 Å². The molecule has 0 aliphatic carbocycles. The minimum absolute atomic E-state index is 0.0127. The Labute approximate surface area is 151 Å². The first-order valence-corrected chi connectivity index (χ1v) is 8.20. The maximum Gasteiger partial charge on any atom is 0.326 e. The second-order valence-electron chi connectivity index (χ2n) is 5.88. The van der Waals surface area contributed by atoms with E-state index in [2.05, 4.69) is 15.6 Å². The molecular formula is C17H25N5O4. The number of nitrogens with two attached hydrogens (primary N) is 2. The second kappa shape index (κ2) is 10.7. The quantitative estimate of drug-likeness (QED) is 0.159. The zero-order valence-electron chi connectivity index (χ0n) is 14.7. The number of guanidine groups is 1. The number of hydrogen-bond donors (Lipinski definition) is 5. The average Bonchev–Trinajstić information content (AvgIpc) is 2.57. The summed E-state index contributed by atoms with van der Waals surface area (Å²) in [4.78, 5) is 37.4. The van der Waals surface area contributed by atoms with Crippen molar-refractivity contribution in [2.75, 3.05) is 6.54 Å². The molecule has 1 aromatic carbocycles. The van der Waals surface area contributed by atoms with E-state index < -0.39 is 12.0 Å². The molecule has 0 radical (unpaired) electrons. The summed E-state index contributed by atoms with van der Waals surface area (Å²) in [6.07, 6.45) is 1.83. The number of carboxylic acid groups (broad SMARTS) is 1. The van der Waals surface area contributed by atoms with Crippen molar-refractivity contribution in [3.05, 3.63) is 34.9 Å². The Balaban J connectivity index is 2.49. The molecule has 0 aromatic heterocycles. The molecule has 0 aliphatic heterocycles. The van der Waals surface area contributed by atoms with E-state index in [0.717, 1.165) is 11.1 Å². The Kier molecular flexibility index (Phi) is 8.62. The van der Waals surface area contributed by atoms with E-state index in [9.17, 15) is 14.4 Å². The minimum atomic E-state index is -1.07. The van der Waals surface area contributed by atoms with E-state index in [1.807, 2.05) is 13.0 Å². The predicted molar refractivity (Wildman–Crippen MR) is 97.5 cm³/mol. The van der Waals surface area contributed by atoms with Crippen molar-refractivity contribution in [1.82, 2.24) is 10.6 Å². The van der Waals surface area contributed by atoms with Crippen molar-refractivity contribution in [1.29, 1.82) is 0 Å². The molecule has 9 nitrogen and oxygen atoms in total. The number of aliphatic imine (C=N–C) groups is 1. The fraction of sp³-hybridized carbons (Fsp3) is 0.412. The molecule has 0 spiro atoms. The van der Waals surface area contributed by atoms with Gasteiger partial charge in [-0.3, -0.25) is 9.59 Å². The second-order valence-corrected chi connectivity index (χ2v) is 5.88.